The van der Waals surface area contributed by atoms with Crippen molar-refractivity contribution in [3.05, 3.63) is 63.5 Å². The highest BCUT2D eigenvalue weighted by Gasteiger charge is 2.52. The molecule has 0 unspecified atom stereocenters. The van der Waals surface area contributed by atoms with E-state index in [4.69, 9.17) is 92.8 Å². The Balaban J connectivity index is 2.06. The summed E-state index contributed by atoms with van der Waals surface area (Å²) in [5, 5.41) is 2.73. The molecule has 1 aromatic carbocycles. The van der Waals surface area contributed by atoms with Gasteiger partial charge in [0, 0.05) is 33.7 Å². The maximum atomic E-state index is 6.53. The predicted octanol–water partition coefficient (Wildman–Crippen LogP) is 8.68. The molecule has 0 amide bonds. The van der Waals surface area contributed by atoms with E-state index in [1.807, 2.05) is 12.2 Å². The van der Waals surface area contributed by atoms with Crippen molar-refractivity contribution >= 4 is 92.8 Å². The van der Waals surface area contributed by atoms with Crippen LogP contribution in [0.15, 0.2) is 32.3 Å². The summed E-state index contributed by atoms with van der Waals surface area (Å²) in [6, 6.07) is 0. The number of halogens is 8. The highest BCUT2D eigenvalue weighted by molar-refractivity contribution is 6.53. The lowest BCUT2D eigenvalue weighted by Crippen LogP contribution is -2.38. The van der Waals surface area contributed by atoms with Crippen LogP contribution in [0.5, 0.6) is 0 Å². The van der Waals surface area contributed by atoms with Crippen LogP contribution in [-0.4, -0.2) is 0 Å². The number of hydrogen-bond acceptors (Lipinski definition) is 0. The standard InChI is InChI=1S/C16H6Cl8/c17-9-5-3-1-2-4(7(5)11(19)15(23)13(9)21)8-6(3)10(18)14(22)16(24)12(8)20/h1-5,7H/t3-,4+,5+,7-. The molecule has 2 bridgehead atoms. The molecule has 0 saturated heterocycles. The van der Waals surface area contributed by atoms with Crippen LogP contribution in [0.4, 0.5) is 0 Å². The molecule has 0 N–H and O–H groups in total. The van der Waals surface area contributed by atoms with Gasteiger partial charge in [0.2, 0.25) is 0 Å². The third-order valence-corrected chi connectivity index (χ3v) is 8.68. The Kier molecular flexibility index (Phi) is 4.64. The van der Waals surface area contributed by atoms with E-state index in [2.05, 4.69) is 0 Å². The van der Waals surface area contributed by atoms with Gasteiger partial charge in [-0.2, -0.15) is 0 Å². The third kappa shape index (κ3) is 2.21. The van der Waals surface area contributed by atoms with Crippen LogP contribution in [0.3, 0.4) is 0 Å². The minimum absolute atomic E-state index is 0.158. The predicted molar refractivity (Wildman–Crippen MR) is 106 cm³/mol. The van der Waals surface area contributed by atoms with Gasteiger partial charge < -0.3 is 0 Å². The zero-order valence-corrected chi connectivity index (χ0v) is 17.5. The van der Waals surface area contributed by atoms with Gasteiger partial charge in [0.1, 0.15) is 0 Å². The molecule has 0 spiro atoms. The number of hydrogen-bond donors (Lipinski definition) is 0. The SMILES string of the molecule is ClC1=C(Cl)[C@@H]2[C@H](C(Cl)=C1Cl)[C@@H]1C=C[C@H]2c2c(Cl)c(Cl)c(Cl)c(Cl)c21. The second kappa shape index (κ2) is 6.14. The van der Waals surface area contributed by atoms with Gasteiger partial charge >= 0.3 is 0 Å². The van der Waals surface area contributed by atoms with Crippen LogP contribution < -0.4 is 0 Å². The zero-order valence-electron chi connectivity index (χ0n) is 11.5. The van der Waals surface area contributed by atoms with Crippen molar-refractivity contribution in [2.45, 2.75) is 11.8 Å². The highest BCUT2D eigenvalue weighted by atomic mass is 35.5. The largest absolute Gasteiger partial charge is 0.0871 e. The van der Waals surface area contributed by atoms with Crippen LogP contribution in [0.2, 0.25) is 20.1 Å². The lowest BCUT2D eigenvalue weighted by atomic mass is 9.58. The Hall–Kier alpha value is 0.760. The van der Waals surface area contributed by atoms with Gasteiger partial charge in [-0.15, -0.1) is 0 Å². The first-order chi connectivity index (χ1) is 11.3. The molecule has 24 heavy (non-hydrogen) atoms. The highest BCUT2D eigenvalue weighted by Crippen LogP contribution is 2.65. The molecule has 1 aromatic rings. The summed E-state index contributed by atoms with van der Waals surface area (Å²) in [6.45, 7) is 0. The van der Waals surface area contributed by atoms with Crippen molar-refractivity contribution in [1.29, 1.82) is 0 Å². The lowest BCUT2D eigenvalue weighted by molar-refractivity contribution is 0.338. The van der Waals surface area contributed by atoms with Crippen LogP contribution in [0.1, 0.15) is 23.0 Å². The molecule has 4 aliphatic rings. The number of rotatable bonds is 0. The second-order valence-electron chi connectivity index (χ2n) is 5.90. The molecule has 0 nitrogen and oxygen atoms in total. The molecule has 4 atom stereocenters. The Morgan fingerprint density at radius 2 is 0.833 bits per heavy atom. The smallest absolute Gasteiger partial charge is 0.0796 e. The number of allylic oxidation sites excluding steroid dienone is 6. The summed E-state index contributed by atoms with van der Waals surface area (Å²) in [5.41, 5.74) is 1.66. The molecule has 0 saturated carbocycles. The van der Waals surface area contributed by atoms with Gasteiger partial charge in [0.05, 0.1) is 30.2 Å². The molecule has 0 aliphatic heterocycles. The van der Waals surface area contributed by atoms with Gasteiger partial charge in [-0.25, -0.2) is 0 Å². The second-order valence-corrected chi connectivity index (χ2v) is 8.98. The van der Waals surface area contributed by atoms with Crippen molar-refractivity contribution < 1.29 is 0 Å². The Bertz CT molecular complexity index is 808. The molecule has 4 aliphatic carbocycles. The van der Waals surface area contributed by atoms with Crippen molar-refractivity contribution in [2.24, 2.45) is 11.8 Å². The minimum atomic E-state index is -0.164. The molecule has 5 rings (SSSR count). The fourth-order valence-electron chi connectivity index (χ4n) is 3.93. The Labute approximate surface area is 178 Å². The normalized spacial score (nSPS) is 30.8. The van der Waals surface area contributed by atoms with Gasteiger partial charge in [-0.1, -0.05) is 105 Å². The van der Waals surface area contributed by atoms with E-state index in [1.165, 1.54) is 0 Å². The van der Waals surface area contributed by atoms with Crippen molar-refractivity contribution in [2.75, 3.05) is 0 Å². The fourth-order valence-corrected chi connectivity index (χ4v) is 6.35. The quantitative estimate of drug-likeness (QED) is 0.197. The molecular weight excluding hydrogens is 476 g/mol. The molecular formula is C16H6Cl8. The monoisotopic (exact) mass is 478 g/mol. The van der Waals surface area contributed by atoms with Crippen molar-refractivity contribution in [3.63, 3.8) is 0 Å². The number of benzene rings is 1. The van der Waals surface area contributed by atoms with E-state index in [-0.39, 0.29) is 43.8 Å². The maximum Gasteiger partial charge on any atom is 0.0796 e. The summed E-state index contributed by atoms with van der Waals surface area (Å²) in [5.74, 6) is -0.644. The van der Waals surface area contributed by atoms with E-state index in [1.54, 1.807) is 0 Å². The van der Waals surface area contributed by atoms with Gasteiger partial charge in [0.15, 0.2) is 0 Å². The average Bonchev–Trinajstić information content (AvgIpc) is 2.59. The average molecular weight is 482 g/mol. The van der Waals surface area contributed by atoms with Crippen LogP contribution in [-0.2, 0) is 0 Å². The summed E-state index contributed by atoms with van der Waals surface area (Å²) in [6.07, 6.45) is 4.08. The maximum absolute atomic E-state index is 6.53. The van der Waals surface area contributed by atoms with Crippen LogP contribution in [0.25, 0.3) is 0 Å². The first-order valence-electron chi connectivity index (χ1n) is 6.92. The van der Waals surface area contributed by atoms with Gasteiger partial charge in [-0.05, 0) is 11.1 Å². The topological polar surface area (TPSA) is 0 Å². The minimum Gasteiger partial charge on any atom is -0.0871 e. The molecule has 0 fully saturated rings. The van der Waals surface area contributed by atoms with Gasteiger partial charge in [-0.3, -0.25) is 0 Å². The summed E-state index contributed by atoms with van der Waals surface area (Å²) < 4.78 is 0. The lowest BCUT2D eigenvalue weighted by Gasteiger charge is -2.48. The van der Waals surface area contributed by atoms with Crippen LogP contribution in [0, 0.1) is 11.8 Å². The Morgan fingerprint density at radius 3 is 1.17 bits per heavy atom. The molecule has 0 aromatic heterocycles. The first kappa shape index (κ1) is 18.1. The van der Waals surface area contributed by atoms with Gasteiger partial charge in [0.25, 0.3) is 0 Å². The first-order valence-corrected chi connectivity index (χ1v) is 9.94. The molecule has 0 radical (unpaired) electrons. The van der Waals surface area contributed by atoms with Crippen LogP contribution >= 0.6 is 92.8 Å². The zero-order chi connectivity index (χ0) is 17.5. The van der Waals surface area contributed by atoms with Crippen molar-refractivity contribution in [3.8, 4) is 0 Å². The van der Waals surface area contributed by atoms with Crippen molar-refractivity contribution in [1.82, 2.24) is 0 Å². The van der Waals surface area contributed by atoms with E-state index in [0.29, 0.717) is 20.1 Å². The van der Waals surface area contributed by atoms with E-state index in [0.717, 1.165) is 11.1 Å². The van der Waals surface area contributed by atoms with E-state index < -0.39 is 0 Å². The molecule has 8 heteroatoms. The van der Waals surface area contributed by atoms with E-state index >= 15 is 0 Å². The third-order valence-electron chi connectivity index (χ3n) is 4.89. The fraction of sp³-hybridized carbons (Fsp3) is 0.250. The molecule has 126 valence electrons. The summed E-state index contributed by atoms with van der Waals surface area (Å²) in [4.78, 5) is 0. The summed E-state index contributed by atoms with van der Waals surface area (Å²) >= 11 is 51.1. The summed E-state index contributed by atoms with van der Waals surface area (Å²) in [7, 11) is 0. The Morgan fingerprint density at radius 1 is 0.500 bits per heavy atom. The van der Waals surface area contributed by atoms with E-state index in [9.17, 15) is 0 Å². The molecule has 0 heterocycles.